The number of likely N-dealkylation sites (N-methyl/N-ethyl adjacent to an activating group) is 1. The van der Waals surface area contributed by atoms with Crippen LogP contribution in [0, 0.1) is 24.1 Å². The van der Waals surface area contributed by atoms with E-state index in [9.17, 15) is 9.18 Å². The smallest absolute Gasteiger partial charge is 0.302 e. The first-order valence-electron chi connectivity index (χ1n) is 7.11. The van der Waals surface area contributed by atoms with Gasteiger partial charge in [-0.3, -0.25) is 9.69 Å². The Balaban J connectivity index is 2.04. The van der Waals surface area contributed by atoms with Gasteiger partial charge in [-0.1, -0.05) is 24.3 Å². The molecule has 0 bridgehead atoms. The molecule has 0 amide bonds. The summed E-state index contributed by atoms with van der Waals surface area (Å²) in [4.78, 5) is 13.8. The zero-order chi connectivity index (χ0) is 16.1. The van der Waals surface area contributed by atoms with Crippen LogP contribution < -0.4 is 4.87 Å². The summed E-state index contributed by atoms with van der Waals surface area (Å²) in [6.07, 6.45) is 0. The van der Waals surface area contributed by atoms with Crippen molar-refractivity contribution in [3.05, 3.63) is 55.9 Å². The van der Waals surface area contributed by atoms with E-state index in [2.05, 4.69) is 4.90 Å². The highest BCUT2D eigenvalue weighted by Crippen LogP contribution is 2.13. The van der Waals surface area contributed by atoms with Crippen molar-refractivity contribution in [2.24, 2.45) is 0 Å². The first-order chi connectivity index (χ1) is 10.5. The summed E-state index contributed by atoms with van der Waals surface area (Å²) in [5, 5.41) is 10.6. The molecule has 1 heterocycles. The molecule has 0 aliphatic rings. The molecule has 0 atom stereocenters. The molecule has 1 aromatic carbocycles. The molecule has 1 aromatic heterocycles. The zero-order valence-corrected chi connectivity index (χ0v) is 13.5. The second kappa shape index (κ2) is 7.34. The number of benzene rings is 1. The molecule has 4 nitrogen and oxygen atoms in total. The van der Waals surface area contributed by atoms with Gasteiger partial charge in [0, 0.05) is 36.3 Å². The van der Waals surface area contributed by atoms with Gasteiger partial charge in [0.25, 0.3) is 0 Å². The fraction of sp³-hybridized carbons (Fsp3) is 0.375. The lowest BCUT2D eigenvalue weighted by Gasteiger charge is -2.21. The normalized spacial score (nSPS) is 10.9. The minimum atomic E-state index is -0.360. The van der Waals surface area contributed by atoms with Crippen LogP contribution in [0.15, 0.2) is 28.4 Å². The standard InChI is InChI=1S/C16H18FN3OS/c1-3-19(6-7-20-12(2)11-22-16(20)21)10-14-5-4-13(9-18)8-15(14)17/h4-5,8,11H,3,6-7,10H2,1-2H3. The van der Waals surface area contributed by atoms with Gasteiger partial charge >= 0.3 is 4.87 Å². The molecule has 0 saturated carbocycles. The van der Waals surface area contributed by atoms with Crippen LogP contribution in [0.25, 0.3) is 0 Å². The summed E-state index contributed by atoms with van der Waals surface area (Å²) in [6.45, 7) is 6.41. The van der Waals surface area contributed by atoms with E-state index in [4.69, 9.17) is 5.26 Å². The number of aryl methyl sites for hydroxylation is 1. The topological polar surface area (TPSA) is 49.0 Å². The predicted molar refractivity (Wildman–Crippen MR) is 85.4 cm³/mol. The Morgan fingerprint density at radius 3 is 2.77 bits per heavy atom. The van der Waals surface area contributed by atoms with Gasteiger partial charge < -0.3 is 4.57 Å². The van der Waals surface area contributed by atoms with Crippen LogP contribution in [0.4, 0.5) is 4.39 Å². The highest BCUT2D eigenvalue weighted by molar-refractivity contribution is 7.07. The minimum Gasteiger partial charge on any atom is -0.302 e. The average molecular weight is 319 g/mol. The van der Waals surface area contributed by atoms with Crippen LogP contribution in [0.1, 0.15) is 23.7 Å². The van der Waals surface area contributed by atoms with Crippen LogP contribution in [-0.4, -0.2) is 22.6 Å². The van der Waals surface area contributed by atoms with E-state index in [0.717, 1.165) is 12.2 Å². The van der Waals surface area contributed by atoms with E-state index in [1.54, 1.807) is 16.7 Å². The summed E-state index contributed by atoms with van der Waals surface area (Å²) in [5.41, 5.74) is 1.84. The number of nitrogens with zero attached hydrogens (tertiary/aromatic N) is 3. The largest absolute Gasteiger partial charge is 0.307 e. The van der Waals surface area contributed by atoms with Crippen molar-refractivity contribution in [2.75, 3.05) is 13.1 Å². The fourth-order valence-corrected chi connectivity index (χ4v) is 3.01. The van der Waals surface area contributed by atoms with Crippen LogP contribution in [0.3, 0.4) is 0 Å². The maximum atomic E-state index is 13.9. The van der Waals surface area contributed by atoms with E-state index < -0.39 is 0 Å². The SMILES string of the molecule is CCN(CCn1c(C)csc1=O)Cc1ccc(C#N)cc1F. The Labute approximate surface area is 133 Å². The third kappa shape index (κ3) is 3.81. The lowest BCUT2D eigenvalue weighted by molar-refractivity contribution is 0.263. The zero-order valence-electron chi connectivity index (χ0n) is 12.7. The molecule has 2 aromatic rings. The van der Waals surface area contributed by atoms with Crippen molar-refractivity contribution in [1.29, 1.82) is 5.26 Å². The number of aromatic nitrogens is 1. The molecule has 0 aliphatic carbocycles. The fourth-order valence-electron chi connectivity index (χ4n) is 2.25. The van der Waals surface area contributed by atoms with Gasteiger partial charge in [0.1, 0.15) is 5.82 Å². The molecule has 0 aliphatic heterocycles. The molecule has 0 N–H and O–H groups in total. The van der Waals surface area contributed by atoms with E-state index >= 15 is 0 Å². The Kier molecular flexibility index (Phi) is 5.47. The number of hydrogen-bond donors (Lipinski definition) is 0. The van der Waals surface area contributed by atoms with Gasteiger partial charge in [-0.15, -0.1) is 0 Å². The summed E-state index contributed by atoms with van der Waals surface area (Å²) < 4.78 is 15.7. The quantitative estimate of drug-likeness (QED) is 0.822. The molecule has 22 heavy (non-hydrogen) atoms. The maximum Gasteiger partial charge on any atom is 0.307 e. The third-order valence-electron chi connectivity index (χ3n) is 3.64. The first kappa shape index (κ1) is 16.4. The summed E-state index contributed by atoms with van der Waals surface area (Å²) >= 11 is 1.20. The van der Waals surface area contributed by atoms with Crippen LogP contribution in [0.2, 0.25) is 0 Å². The van der Waals surface area contributed by atoms with E-state index in [-0.39, 0.29) is 10.7 Å². The molecular formula is C16H18FN3OS. The van der Waals surface area contributed by atoms with Gasteiger partial charge in [0.2, 0.25) is 0 Å². The molecule has 116 valence electrons. The molecule has 0 fully saturated rings. The van der Waals surface area contributed by atoms with Gasteiger partial charge in [-0.25, -0.2) is 4.39 Å². The summed E-state index contributed by atoms with van der Waals surface area (Å²) in [7, 11) is 0. The first-order valence-corrected chi connectivity index (χ1v) is 7.99. The lowest BCUT2D eigenvalue weighted by Crippen LogP contribution is -2.30. The highest BCUT2D eigenvalue weighted by atomic mass is 32.1. The molecular weight excluding hydrogens is 301 g/mol. The third-order valence-corrected chi connectivity index (χ3v) is 4.52. The van der Waals surface area contributed by atoms with Gasteiger partial charge in [-0.05, 0) is 25.6 Å². The maximum absolute atomic E-state index is 13.9. The number of nitriles is 1. The molecule has 0 unspecified atom stereocenters. The minimum absolute atomic E-state index is 0.0399. The van der Waals surface area contributed by atoms with Crippen LogP contribution in [-0.2, 0) is 13.1 Å². The lowest BCUT2D eigenvalue weighted by atomic mass is 10.1. The van der Waals surface area contributed by atoms with Crippen molar-refractivity contribution in [1.82, 2.24) is 9.47 Å². The second-order valence-corrected chi connectivity index (χ2v) is 5.90. The van der Waals surface area contributed by atoms with Crippen molar-refractivity contribution in [2.45, 2.75) is 26.9 Å². The van der Waals surface area contributed by atoms with Crippen molar-refractivity contribution in [3.8, 4) is 6.07 Å². The Hall–Kier alpha value is -1.97. The van der Waals surface area contributed by atoms with E-state index in [1.165, 1.54) is 17.4 Å². The molecule has 0 spiro atoms. The van der Waals surface area contributed by atoms with E-state index in [0.29, 0.717) is 30.8 Å². The van der Waals surface area contributed by atoms with E-state index in [1.807, 2.05) is 25.3 Å². The van der Waals surface area contributed by atoms with Crippen molar-refractivity contribution in [3.63, 3.8) is 0 Å². The van der Waals surface area contributed by atoms with Crippen molar-refractivity contribution >= 4 is 11.3 Å². The molecule has 0 radical (unpaired) electrons. The Morgan fingerprint density at radius 1 is 1.45 bits per heavy atom. The number of hydrogen-bond acceptors (Lipinski definition) is 4. The van der Waals surface area contributed by atoms with Gasteiger partial charge in [0.15, 0.2) is 0 Å². The Bertz CT molecular complexity index is 745. The monoisotopic (exact) mass is 319 g/mol. The molecule has 6 heteroatoms. The number of rotatable bonds is 6. The van der Waals surface area contributed by atoms with Crippen LogP contribution in [0.5, 0.6) is 0 Å². The second-order valence-electron chi connectivity index (χ2n) is 5.08. The average Bonchev–Trinajstić information content (AvgIpc) is 2.84. The van der Waals surface area contributed by atoms with Gasteiger partial charge in [0.05, 0.1) is 11.6 Å². The predicted octanol–water partition coefficient (Wildman–Crippen LogP) is 2.75. The van der Waals surface area contributed by atoms with Crippen LogP contribution >= 0.6 is 11.3 Å². The Morgan fingerprint density at radius 2 is 2.23 bits per heavy atom. The molecule has 0 saturated heterocycles. The molecule has 2 rings (SSSR count). The summed E-state index contributed by atoms with van der Waals surface area (Å²) in [6, 6.07) is 6.46. The van der Waals surface area contributed by atoms with Gasteiger partial charge in [-0.2, -0.15) is 5.26 Å². The summed E-state index contributed by atoms with van der Waals surface area (Å²) in [5.74, 6) is -0.360. The highest BCUT2D eigenvalue weighted by Gasteiger charge is 2.10. The van der Waals surface area contributed by atoms with Crippen molar-refractivity contribution < 1.29 is 4.39 Å². The number of thiazole rings is 1. The number of halogens is 1.